The molecule has 1 atom stereocenters. The van der Waals surface area contributed by atoms with Crippen LogP contribution in [0.15, 0.2) is 24.3 Å². The Hall–Kier alpha value is -1.35. The lowest BCUT2D eigenvalue weighted by atomic mass is 9.93. The third-order valence-electron chi connectivity index (χ3n) is 3.32. The van der Waals surface area contributed by atoms with Gasteiger partial charge in [0.2, 0.25) is 0 Å². The molecule has 0 aliphatic heterocycles. The summed E-state index contributed by atoms with van der Waals surface area (Å²) in [4.78, 5) is 6.23. The third kappa shape index (κ3) is 2.07. The van der Waals surface area contributed by atoms with E-state index in [0.29, 0.717) is 0 Å². The molecule has 2 N–H and O–H groups in total. The molecule has 1 aliphatic carbocycles. The number of nitrogen functional groups attached to an aromatic ring is 1. The fourth-order valence-electron chi connectivity index (χ4n) is 2.33. The molecule has 88 valence electrons. The molecule has 17 heavy (non-hydrogen) atoms. The topological polar surface area (TPSA) is 38.9 Å². The number of aromatic nitrogens is 1. The molecule has 3 rings (SSSR count). The van der Waals surface area contributed by atoms with E-state index in [1.165, 1.54) is 23.4 Å². The molecule has 2 nitrogen and oxygen atoms in total. The zero-order valence-electron chi connectivity index (χ0n) is 9.94. The summed E-state index contributed by atoms with van der Waals surface area (Å²) < 4.78 is 0. The molecular weight excluding hydrogens is 228 g/mol. The number of hydrogen-bond acceptors (Lipinski definition) is 3. The highest BCUT2D eigenvalue weighted by Crippen LogP contribution is 2.34. The molecule has 0 radical (unpaired) electrons. The molecule has 1 aromatic carbocycles. The number of fused-ring (bicyclic) bond motifs is 1. The number of hydrogen-bond donors (Lipinski definition) is 1. The van der Waals surface area contributed by atoms with Crippen molar-refractivity contribution in [2.75, 3.05) is 5.73 Å². The first-order chi connectivity index (χ1) is 8.22. The molecule has 1 heterocycles. The lowest BCUT2D eigenvalue weighted by Crippen LogP contribution is -2.09. The highest BCUT2D eigenvalue weighted by Gasteiger charge is 2.20. The molecule has 1 aliphatic rings. The molecular formula is C14H16N2S. The highest BCUT2D eigenvalue weighted by atomic mass is 32.1. The van der Waals surface area contributed by atoms with Crippen LogP contribution in [-0.2, 0) is 12.8 Å². The van der Waals surface area contributed by atoms with Gasteiger partial charge in [0.1, 0.15) is 5.01 Å². The van der Waals surface area contributed by atoms with E-state index in [1.807, 2.05) is 29.5 Å². The van der Waals surface area contributed by atoms with Crippen LogP contribution >= 0.6 is 11.3 Å². The van der Waals surface area contributed by atoms with Crippen molar-refractivity contribution in [1.82, 2.24) is 4.98 Å². The Kier molecular flexibility index (Phi) is 2.63. The van der Waals surface area contributed by atoms with Crippen molar-refractivity contribution in [1.29, 1.82) is 0 Å². The summed E-state index contributed by atoms with van der Waals surface area (Å²) in [6.45, 7) is 2.32. The summed E-state index contributed by atoms with van der Waals surface area (Å²) >= 11 is 1.83. The second-order valence-corrected chi connectivity index (χ2v) is 5.95. The number of nitrogens with two attached hydrogens (primary N) is 1. The fourth-order valence-corrected chi connectivity index (χ4v) is 3.60. The largest absolute Gasteiger partial charge is 0.399 e. The van der Waals surface area contributed by atoms with E-state index in [9.17, 15) is 0 Å². The number of benzene rings is 1. The smallest absolute Gasteiger partial charge is 0.123 e. The Morgan fingerprint density at radius 3 is 3.12 bits per heavy atom. The van der Waals surface area contributed by atoms with Crippen LogP contribution in [0.5, 0.6) is 0 Å². The van der Waals surface area contributed by atoms with E-state index in [-0.39, 0.29) is 0 Å². The van der Waals surface area contributed by atoms with E-state index in [1.54, 1.807) is 0 Å². The van der Waals surface area contributed by atoms with Gasteiger partial charge in [0.25, 0.3) is 0 Å². The first kappa shape index (κ1) is 10.8. The first-order valence-electron chi connectivity index (χ1n) is 6.07. The predicted octanol–water partition coefficient (Wildman–Crippen LogP) is 3.52. The molecule has 1 unspecified atom stereocenters. The van der Waals surface area contributed by atoms with Gasteiger partial charge < -0.3 is 5.73 Å². The Labute approximate surface area is 106 Å². The number of nitrogens with zero attached hydrogens (tertiary/aromatic N) is 1. The molecule has 0 spiro atoms. The van der Waals surface area contributed by atoms with Gasteiger partial charge in [-0.3, -0.25) is 0 Å². The number of anilines is 1. The second kappa shape index (κ2) is 4.15. The predicted molar refractivity (Wildman–Crippen MR) is 73.2 cm³/mol. The fraction of sp³-hybridized carbons (Fsp3) is 0.357. The van der Waals surface area contributed by atoms with E-state index in [0.717, 1.165) is 28.6 Å². The quantitative estimate of drug-likeness (QED) is 0.780. The van der Waals surface area contributed by atoms with Gasteiger partial charge >= 0.3 is 0 Å². The van der Waals surface area contributed by atoms with Crippen molar-refractivity contribution in [2.45, 2.75) is 26.2 Å². The average Bonchev–Trinajstić information content (AvgIpc) is 2.72. The minimum absolute atomic E-state index is 0.802. The molecule has 0 bridgehead atoms. The third-order valence-corrected chi connectivity index (χ3v) is 4.49. The Morgan fingerprint density at radius 1 is 1.41 bits per heavy atom. The summed E-state index contributed by atoms with van der Waals surface area (Å²) in [5, 5.41) is 1.12. The zero-order valence-corrected chi connectivity index (χ0v) is 10.8. The lowest BCUT2D eigenvalue weighted by molar-refractivity contribution is 0.502. The maximum atomic E-state index is 5.82. The van der Waals surface area contributed by atoms with Gasteiger partial charge in [0, 0.05) is 16.1 Å². The van der Waals surface area contributed by atoms with Gasteiger partial charge in [-0.1, -0.05) is 19.1 Å². The van der Waals surface area contributed by atoms with Crippen molar-refractivity contribution < 1.29 is 0 Å². The van der Waals surface area contributed by atoms with Crippen molar-refractivity contribution >= 4 is 17.0 Å². The van der Waals surface area contributed by atoms with Gasteiger partial charge in [0.15, 0.2) is 0 Å². The molecule has 3 heteroatoms. The van der Waals surface area contributed by atoms with Crippen molar-refractivity contribution in [3.8, 4) is 10.6 Å². The van der Waals surface area contributed by atoms with Gasteiger partial charge in [-0.25, -0.2) is 4.98 Å². The summed E-state index contributed by atoms with van der Waals surface area (Å²) in [6, 6.07) is 8.00. The second-order valence-electron chi connectivity index (χ2n) is 4.86. The van der Waals surface area contributed by atoms with Gasteiger partial charge in [-0.2, -0.15) is 0 Å². The van der Waals surface area contributed by atoms with Crippen LogP contribution in [0.4, 0.5) is 5.69 Å². The highest BCUT2D eigenvalue weighted by molar-refractivity contribution is 7.15. The summed E-state index contributed by atoms with van der Waals surface area (Å²) in [5.74, 6) is 0.802. The average molecular weight is 244 g/mol. The summed E-state index contributed by atoms with van der Waals surface area (Å²) in [5.41, 5.74) is 9.09. The number of rotatable bonds is 1. The molecule has 0 fully saturated rings. The van der Waals surface area contributed by atoms with Crippen LogP contribution in [0, 0.1) is 5.92 Å². The molecule has 0 amide bonds. The van der Waals surface area contributed by atoms with Crippen LogP contribution in [0.1, 0.15) is 23.9 Å². The maximum absolute atomic E-state index is 5.82. The lowest BCUT2D eigenvalue weighted by Gasteiger charge is -2.15. The minimum Gasteiger partial charge on any atom is -0.399 e. The van der Waals surface area contributed by atoms with Crippen molar-refractivity contribution in [3.05, 3.63) is 34.8 Å². The van der Waals surface area contributed by atoms with Crippen LogP contribution < -0.4 is 5.73 Å². The minimum atomic E-state index is 0.802. The molecule has 0 saturated carbocycles. The zero-order chi connectivity index (χ0) is 11.8. The molecule has 2 aromatic rings. The van der Waals surface area contributed by atoms with E-state index < -0.39 is 0 Å². The standard InChI is InChI=1S/C14H16N2S/c1-9-5-6-12-13(7-9)17-14(16-12)10-3-2-4-11(15)8-10/h2-4,8-9H,5-7,15H2,1H3. The summed E-state index contributed by atoms with van der Waals surface area (Å²) in [7, 11) is 0. The Morgan fingerprint density at radius 2 is 2.29 bits per heavy atom. The van der Waals surface area contributed by atoms with Crippen LogP contribution in [0.3, 0.4) is 0 Å². The summed E-state index contributed by atoms with van der Waals surface area (Å²) in [6.07, 6.45) is 3.59. The number of aryl methyl sites for hydroxylation is 1. The van der Waals surface area contributed by atoms with Crippen LogP contribution in [0.2, 0.25) is 0 Å². The first-order valence-corrected chi connectivity index (χ1v) is 6.88. The van der Waals surface area contributed by atoms with Crippen molar-refractivity contribution in [2.24, 2.45) is 5.92 Å². The SMILES string of the molecule is CC1CCc2nc(-c3cccc(N)c3)sc2C1. The molecule has 0 saturated heterocycles. The number of thiazole rings is 1. The Balaban J connectivity index is 2.00. The van der Waals surface area contributed by atoms with Gasteiger partial charge in [-0.15, -0.1) is 11.3 Å². The van der Waals surface area contributed by atoms with E-state index in [2.05, 4.69) is 13.0 Å². The normalized spacial score (nSPS) is 19.0. The molecule has 1 aromatic heterocycles. The monoisotopic (exact) mass is 244 g/mol. The van der Waals surface area contributed by atoms with Crippen LogP contribution in [0.25, 0.3) is 10.6 Å². The van der Waals surface area contributed by atoms with E-state index >= 15 is 0 Å². The maximum Gasteiger partial charge on any atom is 0.123 e. The van der Waals surface area contributed by atoms with Crippen molar-refractivity contribution in [3.63, 3.8) is 0 Å². The van der Waals surface area contributed by atoms with E-state index in [4.69, 9.17) is 10.7 Å². The van der Waals surface area contributed by atoms with Crippen LogP contribution in [-0.4, -0.2) is 4.98 Å². The Bertz CT molecular complexity index is 545. The van der Waals surface area contributed by atoms with Gasteiger partial charge in [0.05, 0.1) is 5.69 Å². The van der Waals surface area contributed by atoms with Gasteiger partial charge in [-0.05, 0) is 37.3 Å².